The van der Waals surface area contributed by atoms with Crippen LogP contribution in [0.4, 0.5) is 5.88 Å². The van der Waals surface area contributed by atoms with Gasteiger partial charge in [0, 0.05) is 25.7 Å². The lowest BCUT2D eigenvalue weighted by atomic mass is 10.4. The maximum Gasteiger partial charge on any atom is 0.227 e. The van der Waals surface area contributed by atoms with Gasteiger partial charge in [0.1, 0.15) is 0 Å². The van der Waals surface area contributed by atoms with Crippen LogP contribution < -0.4 is 10.6 Å². The van der Waals surface area contributed by atoms with Gasteiger partial charge in [-0.05, 0) is 0 Å². The molecule has 0 aromatic carbocycles. The van der Waals surface area contributed by atoms with Gasteiger partial charge in [-0.2, -0.15) is 0 Å². The zero-order valence-corrected chi connectivity index (χ0v) is 7.40. The summed E-state index contributed by atoms with van der Waals surface area (Å²) in [6.07, 6.45) is 0. The zero-order valence-electron chi connectivity index (χ0n) is 7.40. The Morgan fingerprint density at radius 1 is 1.46 bits per heavy atom. The molecule has 0 radical (unpaired) electrons. The largest absolute Gasteiger partial charge is 0.378 e. The first-order chi connectivity index (χ1) is 6.40. The summed E-state index contributed by atoms with van der Waals surface area (Å²) in [4.78, 5) is 2.11. The smallest absolute Gasteiger partial charge is 0.227 e. The van der Waals surface area contributed by atoms with E-state index in [-0.39, 0.29) is 0 Å². The molecule has 0 saturated carbocycles. The molecular weight excluding hydrogens is 170 g/mol. The van der Waals surface area contributed by atoms with Crippen LogP contribution in [0.2, 0.25) is 0 Å². The highest BCUT2D eigenvalue weighted by atomic mass is 16.5. The lowest BCUT2D eigenvalue weighted by Crippen LogP contribution is -2.35. The van der Waals surface area contributed by atoms with Crippen molar-refractivity contribution < 1.29 is 9.26 Å². The number of rotatable bonds is 2. The van der Waals surface area contributed by atoms with Crippen LogP contribution in [0.15, 0.2) is 10.6 Å². The third-order valence-electron chi connectivity index (χ3n) is 2.08. The number of nitrogens with two attached hydrogens (primary N) is 1. The lowest BCUT2D eigenvalue weighted by molar-refractivity contribution is 0.120. The van der Waals surface area contributed by atoms with E-state index in [1.807, 2.05) is 6.07 Å². The van der Waals surface area contributed by atoms with Crippen molar-refractivity contribution in [2.45, 2.75) is 6.54 Å². The molecule has 0 aliphatic carbocycles. The SMILES string of the molecule is NCc1cc(N2CCOCC2)on1. The maximum atomic E-state index is 5.43. The molecule has 13 heavy (non-hydrogen) atoms. The van der Waals surface area contributed by atoms with Gasteiger partial charge >= 0.3 is 0 Å². The van der Waals surface area contributed by atoms with E-state index < -0.39 is 0 Å². The Morgan fingerprint density at radius 2 is 2.23 bits per heavy atom. The first kappa shape index (κ1) is 8.52. The van der Waals surface area contributed by atoms with Gasteiger partial charge in [-0.3, -0.25) is 0 Å². The summed E-state index contributed by atoms with van der Waals surface area (Å²) in [6, 6.07) is 1.88. The van der Waals surface area contributed by atoms with E-state index in [0.717, 1.165) is 37.9 Å². The van der Waals surface area contributed by atoms with Gasteiger partial charge in [0.15, 0.2) is 0 Å². The van der Waals surface area contributed by atoms with Gasteiger partial charge in [0.2, 0.25) is 5.88 Å². The second-order valence-electron chi connectivity index (χ2n) is 2.96. The zero-order chi connectivity index (χ0) is 9.10. The van der Waals surface area contributed by atoms with Gasteiger partial charge in [-0.15, -0.1) is 0 Å². The molecule has 1 aliphatic heterocycles. The quantitative estimate of drug-likeness (QED) is 0.697. The first-order valence-corrected chi connectivity index (χ1v) is 4.38. The third kappa shape index (κ3) is 1.81. The maximum absolute atomic E-state index is 5.43. The standard InChI is InChI=1S/C8H13N3O2/c9-6-7-5-8(13-10-7)11-1-3-12-4-2-11/h5H,1-4,6,9H2. The topological polar surface area (TPSA) is 64.5 Å². The fraction of sp³-hybridized carbons (Fsp3) is 0.625. The summed E-state index contributed by atoms with van der Waals surface area (Å²) in [5, 5.41) is 3.83. The van der Waals surface area contributed by atoms with Gasteiger partial charge < -0.3 is 19.9 Å². The molecule has 0 atom stereocenters. The van der Waals surface area contributed by atoms with E-state index in [9.17, 15) is 0 Å². The second kappa shape index (κ2) is 3.76. The van der Waals surface area contributed by atoms with Crippen LogP contribution in [-0.2, 0) is 11.3 Å². The molecular formula is C8H13N3O2. The normalized spacial score (nSPS) is 17.8. The van der Waals surface area contributed by atoms with Crippen molar-refractivity contribution in [3.8, 4) is 0 Å². The molecule has 2 heterocycles. The second-order valence-corrected chi connectivity index (χ2v) is 2.96. The van der Waals surface area contributed by atoms with E-state index in [1.54, 1.807) is 0 Å². The Balaban J connectivity index is 2.05. The Morgan fingerprint density at radius 3 is 2.85 bits per heavy atom. The molecule has 0 unspecified atom stereocenters. The Hall–Kier alpha value is -1.07. The van der Waals surface area contributed by atoms with E-state index >= 15 is 0 Å². The molecule has 0 amide bonds. The van der Waals surface area contributed by atoms with Crippen LogP contribution >= 0.6 is 0 Å². The fourth-order valence-corrected chi connectivity index (χ4v) is 1.33. The van der Waals surface area contributed by atoms with Crippen LogP contribution in [0.5, 0.6) is 0 Å². The fourth-order valence-electron chi connectivity index (χ4n) is 1.33. The molecule has 1 saturated heterocycles. The number of morpholine rings is 1. The predicted octanol–water partition coefficient (Wildman–Crippen LogP) is -0.0301. The van der Waals surface area contributed by atoms with Gasteiger partial charge in [-0.25, -0.2) is 0 Å². The summed E-state index contributed by atoms with van der Waals surface area (Å²) in [5.41, 5.74) is 6.22. The summed E-state index contributed by atoms with van der Waals surface area (Å²) >= 11 is 0. The van der Waals surface area contributed by atoms with Crippen molar-refractivity contribution in [1.29, 1.82) is 0 Å². The molecule has 5 heteroatoms. The van der Waals surface area contributed by atoms with Gasteiger partial charge in [0.05, 0.1) is 18.9 Å². The number of nitrogens with zero attached hydrogens (tertiary/aromatic N) is 2. The Labute approximate surface area is 76.4 Å². The first-order valence-electron chi connectivity index (χ1n) is 4.38. The summed E-state index contributed by atoms with van der Waals surface area (Å²) < 4.78 is 10.4. The monoisotopic (exact) mass is 183 g/mol. The van der Waals surface area contributed by atoms with Crippen LogP contribution in [0, 0.1) is 0 Å². The minimum Gasteiger partial charge on any atom is -0.378 e. The molecule has 72 valence electrons. The molecule has 1 fully saturated rings. The number of aromatic nitrogens is 1. The number of hydrogen-bond acceptors (Lipinski definition) is 5. The number of ether oxygens (including phenoxy) is 1. The molecule has 1 aliphatic rings. The summed E-state index contributed by atoms with van der Waals surface area (Å²) in [7, 11) is 0. The molecule has 0 bridgehead atoms. The molecule has 2 N–H and O–H groups in total. The van der Waals surface area contributed by atoms with E-state index in [2.05, 4.69) is 10.1 Å². The van der Waals surface area contributed by atoms with E-state index in [0.29, 0.717) is 6.54 Å². The van der Waals surface area contributed by atoms with Gasteiger partial charge in [-0.1, -0.05) is 5.16 Å². The molecule has 0 spiro atoms. The third-order valence-corrected chi connectivity index (χ3v) is 2.08. The molecule has 2 rings (SSSR count). The average molecular weight is 183 g/mol. The van der Waals surface area contributed by atoms with E-state index in [1.165, 1.54) is 0 Å². The van der Waals surface area contributed by atoms with Crippen molar-refractivity contribution in [2.75, 3.05) is 31.2 Å². The van der Waals surface area contributed by atoms with E-state index in [4.69, 9.17) is 15.0 Å². The summed E-state index contributed by atoms with van der Waals surface area (Å²) in [6.45, 7) is 3.64. The van der Waals surface area contributed by atoms with Crippen molar-refractivity contribution in [3.05, 3.63) is 11.8 Å². The summed E-state index contributed by atoms with van der Waals surface area (Å²) in [5.74, 6) is 0.795. The van der Waals surface area contributed by atoms with Crippen LogP contribution in [0.1, 0.15) is 5.69 Å². The van der Waals surface area contributed by atoms with Gasteiger partial charge in [0.25, 0.3) is 0 Å². The van der Waals surface area contributed by atoms with Crippen molar-refractivity contribution in [1.82, 2.24) is 5.16 Å². The van der Waals surface area contributed by atoms with Crippen LogP contribution in [0.25, 0.3) is 0 Å². The Kier molecular flexibility index (Phi) is 2.47. The highest BCUT2D eigenvalue weighted by Gasteiger charge is 2.15. The molecule has 1 aromatic heterocycles. The highest BCUT2D eigenvalue weighted by molar-refractivity contribution is 5.36. The molecule has 5 nitrogen and oxygen atoms in total. The van der Waals surface area contributed by atoms with Crippen molar-refractivity contribution in [2.24, 2.45) is 5.73 Å². The number of anilines is 1. The highest BCUT2D eigenvalue weighted by Crippen LogP contribution is 2.16. The lowest BCUT2D eigenvalue weighted by Gasteiger charge is -2.25. The minimum absolute atomic E-state index is 0.424. The van der Waals surface area contributed by atoms with Crippen molar-refractivity contribution >= 4 is 5.88 Å². The van der Waals surface area contributed by atoms with Crippen molar-refractivity contribution in [3.63, 3.8) is 0 Å². The number of hydrogen-bond donors (Lipinski definition) is 1. The Bertz CT molecular complexity index is 268. The minimum atomic E-state index is 0.424. The predicted molar refractivity (Wildman–Crippen MR) is 47.4 cm³/mol. The van der Waals surface area contributed by atoms with Crippen LogP contribution in [0.3, 0.4) is 0 Å². The molecule has 1 aromatic rings. The van der Waals surface area contributed by atoms with Crippen LogP contribution in [-0.4, -0.2) is 31.5 Å². The average Bonchev–Trinajstić information content (AvgIpc) is 2.67.